The van der Waals surface area contributed by atoms with Crippen LogP contribution in [0.25, 0.3) is 0 Å². The van der Waals surface area contributed by atoms with Gasteiger partial charge in [-0.1, -0.05) is 18.5 Å². The Labute approximate surface area is 115 Å². The Morgan fingerprint density at radius 1 is 1.33 bits per heavy atom. The van der Waals surface area contributed by atoms with Gasteiger partial charge in [0.2, 0.25) is 0 Å². The van der Waals surface area contributed by atoms with Crippen molar-refractivity contribution in [1.29, 1.82) is 0 Å². The minimum absolute atomic E-state index is 0.444. The van der Waals surface area contributed by atoms with Crippen molar-refractivity contribution >= 4 is 17.4 Å². The number of aryl methyl sites for hydroxylation is 1. The first-order chi connectivity index (χ1) is 8.52. The molecule has 1 aromatic heterocycles. The molecule has 0 aromatic carbocycles. The van der Waals surface area contributed by atoms with Gasteiger partial charge in [0, 0.05) is 24.6 Å². The second kappa shape index (κ2) is 5.43. The Kier molecular flexibility index (Phi) is 4.10. The van der Waals surface area contributed by atoms with Crippen LogP contribution in [0.2, 0.25) is 5.15 Å². The number of halogens is 1. The number of anilines is 1. The molecule has 3 nitrogen and oxygen atoms in total. The van der Waals surface area contributed by atoms with Gasteiger partial charge in [0.25, 0.3) is 0 Å². The van der Waals surface area contributed by atoms with Crippen molar-refractivity contribution in [1.82, 2.24) is 9.97 Å². The molecule has 0 N–H and O–H groups in total. The molecule has 18 heavy (non-hydrogen) atoms. The zero-order valence-electron chi connectivity index (χ0n) is 11.7. The van der Waals surface area contributed by atoms with E-state index in [0.29, 0.717) is 11.2 Å². The van der Waals surface area contributed by atoms with E-state index in [1.54, 1.807) is 0 Å². The summed E-state index contributed by atoms with van der Waals surface area (Å²) in [6.45, 7) is 9.59. The fourth-order valence-corrected chi connectivity index (χ4v) is 2.26. The van der Waals surface area contributed by atoms with Gasteiger partial charge in [-0.05, 0) is 39.5 Å². The summed E-state index contributed by atoms with van der Waals surface area (Å²) in [4.78, 5) is 11.4. The highest BCUT2D eigenvalue weighted by molar-refractivity contribution is 6.30. The molecule has 1 fully saturated rings. The van der Waals surface area contributed by atoms with Gasteiger partial charge in [-0.25, -0.2) is 9.97 Å². The molecule has 0 unspecified atom stereocenters. The summed E-state index contributed by atoms with van der Waals surface area (Å²) in [6, 6.07) is 0.444. The molecule has 0 saturated heterocycles. The highest BCUT2D eigenvalue weighted by Crippen LogP contribution is 2.33. The van der Waals surface area contributed by atoms with E-state index in [0.717, 1.165) is 36.1 Å². The quantitative estimate of drug-likeness (QED) is 0.763. The van der Waals surface area contributed by atoms with Crippen molar-refractivity contribution in [3.63, 3.8) is 0 Å². The van der Waals surface area contributed by atoms with Crippen LogP contribution in [0.4, 0.5) is 5.82 Å². The van der Waals surface area contributed by atoms with E-state index in [-0.39, 0.29) is 0 Å². The molecular formula is C14H22ClN3. The van der Waals surface area contributed by atoms with Crippen molar-refractivity contribution in [2.75, 3.05) is 11.4 Å². The van der Waals surface area contributed by atoms with E-state index in [2.05, 4.69) is 35.6 Å². The number of aromatic nitrogens is 2. The summed E-state index contributed by atoms with van der Waals surface area (Å²) in [5.41, 5.74) is 1.00. The molecule has 100 valence electrons. The van der Waals surface area contributed by atoms with Crippen molar-refractivity contribution in [3.05, 3.63) is 16.5 Å². The maximum atomic E-state index is 6.22. The van der Waals surface area contributed by atoms with E-state index in [1.807, 2.05) is 6.92 Å². The molecule has 1 aromatic rings. The highest BCUT2D eigenvalue weighted by Gasteiger charge is 2.27. The van der Waals surface area contributed by atoms with Crippen molar-refractivity contribution in [3.8, 4) is 0 Å². The van der Waals surface area contributed by atoms with Crippen LogP contribution in [0.15, 0.2) is 0 Å². The predicted octanol–water partition coefficient (Wildman–Crippen LogP) is 3.63. The first-order valence-corrected chi connectivity index (χ1v) is 7.20. The summed E-state index contributed by atoms with van der Waals surface area (Å²) < 4.78 is 0. The minimum atomic E-state index is 0.444. The fourth-order valence-electron chi connectivity index (χ4n) is 2.08. The Morgan fingerprint density at radius 2 is 2.00 bits per heavy atom. The van der Waals surface area contributed by atoms with Crippen LogP contribution in [0.1, 0.15) is 45.0 Å². The van der Waals surface area contributed by atoms with Crippen LogP contribution >= 0.6 is 11.6 Å². The molecule has 1 saturated carbocycles. The molecule has 2 rings (SSSR count). The zero-order chi connectivity index (χ0) is 13.3. The number of nitrogens with zero attached hydrogens (tertiary/aromatic N) is 3. The zero-order valence-corrected chi connectivity index (χ0v) is 12.5. The average molecular weight is 268 g/mol. The van der Waals surface area contributed by atoms with Crippen LogP contribution in [-0.2, 0) is 6.42 Å². The molecular weight excluding hydrogens is 246 g/mol. The fraction of sp³-hybridized carbons (Fsp3) is 0.714. The summed E-state index contributed by atoms with van der Waals surface area (Å²) in [6.07, 6.45) is 3.52. The van der Waals surface area contributed by atoms with Crippen molar-refractivity contribution in [2.45, 2.75) is 53.0 Å². The van der Waals surface area contributed by atoms with Gasteiger partial charge in [0.1, 0.15) is 16.8 Å². The van der Waals surface area contributed by atoms with Gasteiger partial charge in [-0.3, -0.25) is 0 Å². The van der Waals surface area contributed by atoms with Crippen LogP contribution in [0, 0.1) is 12.8 Å². The lowest BCUT2D eigenvalue weighted by Gasteiger charge is -2.29. The predicted molar refractivity (Wildman–Crippen MR) is 76.4 cm³/mol. The third kappa shape index (κ3) is 2.94. The highest BCUT2D eigenvalue weighted by atomic mass is 35.5. The van der Waals surface area contributed by atoms with E-state index in [9.17, 15) is 0 Å². The molecule has 0 spiro atoms. The summed E-state index contributed by atoms with van der Waals surface area (Å²) in [5.74, 6) is 2.70. The third-order valence-electron chi connectivity index (χ3n) is 3.47. The molecule has 0 aliphatic heterocycles. The Bertz CT molecular complexity index is 427. The topological polar surface area (TPSA) is 29.0 Å². The van der Waals surface area contributed by atoms with E-state index >= 15 is 0 Å². The molecule has 4 heteroatoms. The maximum Gasteiger partial charge on any atom is 0.137 e. The normalized spacial score (nSPS) is 15.2. The SMILES string of the molecule is CCc1nc(Cl)c(C)c(N(CC2CC2)C(C)C)n1. The number of hydrogen-bond donors (Lipinski definition) is 0. The average Bonchev–Trinajstić information content (AvgIpc) is 3.13. The lowest BCUT2D eigenvalue weighted by molar-refractivity contribution is 0.631. The Balaban J connectivity index is 2.35. The van der Waals surface area contributed by atoms with Crippen LogP contribution in [-0.4, -0.2) is 22.6 Å². The second-order valence-corrected chi connectivity index (χ2v) is 5.78. The van der Waals surface area contributed by atoms with Gasteiger partial charge in [0.15, 0.2) is 0 Å². The summed E-state index contributed by atoms with van der Waals surface area (Å²) in [7, 11) is 0. The molecule has 0 amide bonds. The van der Waals surface area contributed by atoms with E-state index < -0.39 is 0 Å². The van der Waals surface area contributed by atoms with Gasteiger partial charge in [0.05, 0.1) is 0 Å². The van der Waals surface area contributed by atoms with E-state index in [4.69, 9.17) is 11.6 Å². The molecule has 1 heterocycles. The molecule has 1 aliphatic carbocycles. The van der Waals surface area contributed by atoms with E-state index in [1.165, 1.54) is 12.8 Å². The molecule has 1 aliphatic rings. The lowest BCUT2D eigenvalue weighted by atomic mass is 10.2. The largest absolute Gasteiger partial charge is 0.354 e. The molecule has 0 atom stereocenters. The Hall–Kier alpha value is -0.830. The van der Waals surface area contributed by atoms with Gasteiger partial charge >= 0.3 is 0 Å². The number of rotatable bonds is 5. The summed E-state index contributed by atoms with van der Waals surface area (Å²) >= 11 is 6.22. The maximum absolute atomic E-state index is 6.22. The third-order valence-corrected chi connectivity index (χ3v) is 3.84. The van der Waals surface area contributed by atoms with Gasteiger partial charge in [-0.2, -0.15) is 0 Å². The van der Waals surface area contributed by atoms with Gasteiger partial charge in [-0.15, -0.1) is 0 Å². The van der Waals surface area contributed by atoms with Crippen molar-refractivity contribution < 1.29 is 0 Å². The minimum Gasteiger partial charge on any atom is -0.354 e. The second-order valence-electron chi connectivity index (χ2n) is 5.42. The number of hydrogen-bond acceptors (Lipinski definition) is 3. The standard InChI is InChI=1S/C14H22ClN3/c1-5-12-16-13(15)10(4)14(17-12)18(9(2)3)8-11-6-7-11/h9,11H,5-8H2,1-4H3. The monoisotopic (exact) mass is 267 g/mol. The Morgan fingerprint density at radius 3 is 2.50 bits per heavy atom. The lowest BCUT2D eigenvalue weighted by Crippen LogP contribution is -2.34. The first kappa shape index (κ1) is 13.6. The molecule has 0 bridgehead atoms. The smallest absolute Gasteiger partial charge is 0.137 e. The first-order valence-electron chi connectivity index (χ1n) is 6.82. The summed E-state index contributed by atoms with van der Waals surface area (Å²) in [5, 5.41) is 0.596. The van der Waals surface area contributed by atoms with Gasteiger partial charge < -0.3 is 4.90 Å². The van der Waals surface area contributed by atoms with Crippen LogP contribution in [0.3, 0.4) is 0 Å². The molecule has 0 radical (unpaired) electrons. The van der Waals surface area contributed by atoms with Crippen LogP contribution in [0.5, 0.6) is 0 Å². The van der Waals surface area contributed by atoms with Crippen LogP contribution < -0.4 is 4.90 Å². The van der Waals surface area contributed by atoms with Crippen molar-refractivity contribution in [2.24, 2.45) is 5.92 Å².